The summed E-state index contributed by atoms with van der Waals surface area (Å²) < 4.78 is 40.8. The third-order valence-electron chi connectivity index (χ3n) is 5.38. The van der Waals surface area contributed by atoms with Gasteiger partial charge in [-0.2, -0.15) is 13.2 Å². The number of anilines is 1. The Bertz CT molecular complexity index is 1320. The average molecular weight is 438 g/mol. The fourth-order valence-corrected chi connectivity index (χ4v) is 3.66. The highest BCUT2D eigenvalue weighted by atomic mass is 19.4. The fourth-order valence-electron chi connectivity index (χ4n) is 3.66. The lowest BCUT2D eigenvalue weighted by atomic mass is 10.0. The van der Waals surface area contributed by atoms with Gasteiger partial charge in [0, 0.05) is 25.1 Å². The Morgan fingerprint density at radius 1 is 1.03 bits per heavy atom. The van der Waals surface area contributed by atoms with Gasteiger partial charge in [0.1, 0.15) is 17.8 Å². The van der Waals surface area contributed by atoms with Gasteiger partial charge in [0.25, 0.3) is 5.56 Å². The molecule has 0 spiro atoms. The molecule has 0 saturated heterocycles. The number of nitrogens with one attached hydrogen (secondary N) is 1. The highest BCUT2D eigenvalue weighted by Gasteiger charge is 2.30. The summed E-state index contributed by atoms with van der Waals surface area (Å²) in [6.07, 6.45) is -2.64. The van der Waals surface area contributed by atoms with Gasteiger partial charge in [-0.3, -0.25) is 9.36 Å². The minimum Gasteiger partial charge on any atom is -0.363 e. The summed E-state index contributed by atoms with van der Waals surface area (Å²) in [4.78, 5) is 21.4. The SMILES string of the molecule is C[C@@H](Nc1ncnc2c1cc(Cc1ccccc1)c(=O)n2C)c1cccc(C(F)(F)F)c1. The van der Waals surface area contributed by atoms with Crippen LogP contribution >= 0.6 is 0 Å². The first-order chi connectivity index (χ1) is 15.2. The van der Waals surface area contributed by atoms with Crippen molar-refractivity contribution in [2.75, 3.05) is 5.32 Å². The lowest BCUT2D eigenvalue weighted by Gasteiger charge is -2.18. The van der Waals surface area contributed by atoms with E-state index in [0.29, 0.717) is 34.4 Å². The Labute approximate surface area is 182 Å². The van der Waals surface area contributed by atoms with Gasteiger partial charge in [0.15, 0.2) is 0 Å². The molecule has 0 aliphatic heterocycles. The molecule has 0 unspecified atom stereocenters. The maximum Gasteiger partial charge on any atom is 0.416 e. The number of halogens is 3. The molecule has 0 saturated carbocycles. The summed E-state index contributed by atoms with van der Waals surface area (Å²) in [5.41, 5.74) is 1.63. The summed E-state index contributed by atoms with van der Waals surface area (Å²) in [6, 6.07) is 16.1. The maximum absolute atomic E-state index is 13.1. The van der Waals surface area contributed by atoms with E-state index in [1.165, 1.54) is 17.0 Å². The van der Waals surface area contributed by atoms with Crippen molar-refractivity contribution in [3.63, 3.8) is 0 Å². The predicted octanol–water partition coefficient (Wildman–Crippen LogP) is 5.11. The van der Waals surface area contributed by atoms with E-state index in [-0.39, 0.29) is 5.56 Å². The van der Waals surface area contributed by atoms with E-state index in [1.54, 1.807) is 26.1 Å². The monoisotopic (exact) mass is 438 g/mol. The van der Waals surface area contributed by atoms with Crippen molar-refractivity contribution in [1.82, 2.24) is 14.5 Å². The number of alkyl halides is 3. The van der Waals surface area contributed by atoms with E-state index in [0.717, 1.165) is 17.7 Å². The zero-order valence-corrected chi connectivity index (χ0v) is 17.5. The number of aromatic nitrogens is 3. The molecule has 4 aromatic rings. The zero-order chi connectivity index (χ0) is 22.9. The smallest absolute Gasteiger partial charge is 0.363 e. The zero-order valence-electron chi connectivity index (χ0n) is 17.5. The van der Waals surface area contributed by atoms with Gasteiger partial charge in [0.2, 0.25) is 0 Å². The van der Waals surface area contributed by atoms with Gasteiger partial charge in [-0.05, 0) is 36.2 Å². The van der Waals surface area contributed by atoms with Crippen molar-refractivity contribution in [3.8, 4) is 0 Å². The molecule has 1 N–H and O–H groups in total. The van der Waals surface area contributed by atoms with E-state index in [4.69, 9.17) is 0 Å². The Morgan fingerprint density at radius 2 is 1.78 bits per heavy atom. The van der Waals surface area contributed by atoms with Gasteiger partial charge < -0.3 is 5.32 Å². The summed E-state index contributed by atoms with van der Waals surface area (Å²) >= 11 is 0. The molecule has 2 aromatic heterocycles. The van der Waals surface area contributed by atoms with Crippen LogP contribution in [0.2, 0.25) is 0 Å². The van der Waals surface area contributed by atoms with E-state index >= 15 is 0 Å². The number of aryl methyl sites for hydroxylation is 1. The van der Waals surface area contributed by atoms with Crippen molar-refractivity contribution >= 4 is 16.9 Å². The van der Waals surface area contributed by atoms with Gasteiger partial charge >= 0.3 is 6.18 Å². The molecular formula is C24H21F3N4O. The number of pyridine rings is 1. The topological polar surface area (TPSA) is 59.8 Å². The molecule has 0 fully saturated rings. The normalized spacial score (nSPS) is 12.7. The van der Waals surface area contributed by atoms with Gasteiger partial charge in [-0.25, -0.2) is 9.97 Å². The van der Waals surface area contributed by atoms with Crippen LogP contribution in [0.1, 0.15) is 35.2 Å². The highest BCUT2D eigenvalue weighted by Crippen LogP contribution is 2.32. The van der Waals surface area contributed by atoms with E-state index in [2.05, 4.69) is 15.3 Å². The Morgan fingerprint density at radius 3 is 2.50 bits per heavy atom. The first-order valence-corrected chi connectivity index (χ1v) is 10.1. The molecule has 0 amide bonds. The number of fused-ring (bicyclic) bond motifs is 1. The van der Waals surface area contributed by atoms with Crippen LogP contribution in [0.15, 0.2) is 71.8 Å². The van der Waals surface area contributed by atoms with Crippen LogP contribution in [-0.4, -0.2) is 14.5 Å². The van der Waals surface area contributed by atoms with E-state index in [9.17, 15) is 18.0 Å². The second-order valence-electron chi connectivity index (χ2n) is 7.64. The number of rotatable bonds is 5. The first kappa shape index (κ1) is 21.5. The van der Waals surface area contributed by atoms with Crippen LogP contribution in [0, 0.1) is 0 Å². The summed E-state index contributed by atoms with van der Waals surface area (Å²) in [6.45, 7) is 1.76. The average Bonchev–Trinajstić information content (AvgIpc) is 2.78. The number of benzene rings is 2. The number of hydrogen-bond donors (Lipinski definition) is 1. The van der Waals surface area contributed by atoms with Crippen LogP contribution < -0.4 is 10.9 Å². The molecule has 0 bridgehead atoms. The fraction of sp³-hybridized carbons (Fsp3) is 0.208. The summed E-state index contributed by atoms with van der Waals surface area (Å²) in [5, 5.41) is 3.81. The second-order valence-corrected chi connectivity index (χ2v) is 7.64. The second kappa shape index (κ2) is 8.45. The van der Waals surface area contributed by atoms with Crippen LogP contribution in [-0.2, 0) is 19.6 Å². The minimum atomic E-state index is -4.41. The largest absolute Gasteiger partial charge is 0.416 e. The molecule has 164 valence electrons. The van der Waals surface area contributed by atoms with Crippen LogP contribution in [0.25, 0.3) is 11.0 Å². The summed E-state index contributed by atoms with van der Waals surface area (Å²) in [7, 11) is 1.65. The Balaban J connectivity index is 1.72. The molecule has 8 heteroatoms. The number of hydrogen-bond acceptors (Lipinski definition) is 4. The molecule has 2 heterocycles. The Kier molecular flexibility index (Phi) is 5.69. The molecular weight excluding hydrogens is 417 g/mol. The van der Waals surface area contributed by atoms with Gasteiger partial charge in [0.05, 0.1) is 10.9 Å². The summed E-state index contributed by atoms with van der Waals surface area (Å²) in [5.74, 6) is 0.449. The number of nitrogens with zero attached hydrogens (tertiary/aromatic N) is 3. The van der Waals surface area contributed by atoms with Gasteiger partial charge in [-0.1, -0.05) is 42.5 Å². The lowest BCUT2D eigenvalue weighted by Crippen LogP contribution is -2.23. The minimum absolute atomic E-state index is 0.156. The van der Waals surface area contributed by atoms with Crippen molar-refractivity contribution in [2.45, 2.75) is 25.6 Å². The van der Waals surface area contributed by atoms with Crippen molar-refractivity contribution < 1.29 is 13.2 Å². The maximum atomic E-state index is 13.1. The van der Waals surface area contributed by atoms with Crippen molar-refractivity contribution in [3.05, 3.63) is 99.6 Å². The lowest BCUT2D eigenvalue weighted by molar-refractivity contribution is -0.137. The van der Waals surface area contributed by atoms with Crippen LogP contribution in [0.4, 0.5) is 19.0 Å². The van der Waals surface area contributed by atoms with Crippen LogP contribution in [0.3, 0.4) is 0 Å². The molecule has 5 nitrogen and oxygen atoms in total. The van der Waals surface area contributed by atoms with Crippen LogP contribution in [0.5, 0.6) is 0 Å². The van der Waals surface area contributed by atoms with E-state index < -0.39 is 17.8 Å². The van der Waals surface area contributed by atoms with E-state index in [1.807, 2.05) is 30.3 Å². The first-order valence-electron chi connectivity index (χ1n) is 10.1. The quantitative estimate of drug-likeness (QED) is 0.470. The molecule has 32 heavy (non-hydrogen) atoms. The standard InChI is InChI=1S/C24H21F3N4O/c1-15(17-9-6-10-19(12-17)24(25,26)27)30-21-20-13-18(11-16-7-4-3-5-8-16)23(32)31(2)22(20)29-14-28-21/h3-10,12-15H,11H2,1-2H3,(H,28,29,30)/t15-/m1/s1. The van der Waals surface area contributed by atoms with Crippen molar-refractivity contribution in [1.29, 1.82) is 0 Å². The molecule has 2 aromatic carbocycles. The Hall–Kier alpha value is -3.68. The highest BCUT2D eigenvalue weighted by molar-refractivity contribution is 5.87. The third kappa shape index (κ3) is 4.34. The molecule has 4 rings (SSSR count). The predicted molar refractivity (Wildman–Crippen MR) is 118 cm³/mol. The molecule has 1 atom stereocenters. The van der Waals surface area contributed by atoms with Crippen molar-refractivity contribution in [2.24, 2.45) is 7.05 Å². The van der Waals surface area contributed by atoms with Gasteiger partial charge in [-0.15, -0.1) is 0 Å². The molecule has 0 radical (unpaired) electrons. The molecule has 0 aliphatic carbocycles. The molecule has 0 aliphatic rings. The third-order valence-corrected chi connectivity index (χ3v) is 5.38.